The predicted molar refractivity (Wildman–Crippen MR) is 76.1 cm³/mol. The molecule has 0 spiro atoms. The molecule has 1 aromatic rings. The van der Waals surface area contributed by atoms with Gasteiger partial charge in [0.1, 0.15) is 0 Å². The number of carboxylic acid groups (broad SMARTS) is 1. The Morgan fingerprint density at radius 3 is 2.16 bits per heavy atom. The van der Waals surface area contributed by atoms with Gasteiger partial charge in [0.2, 0.25) is 0 Å². The molecule has 2 rings (SSSR count). The van der Waals surface area contributed by atoms with Gasteiger partial charge >= 0.3 is 5.97 Å². The van der Waals surface area contributed by atoms with Crippen molar-refractivity contribution in [1.82, 2.24) is 4.90 Å². The van der Waals surface area contributed by atoms with E-state index in [4.69, 9.17) is 5.11 Å². The number of carbonyl (C=O) groups is 1. The number of aryl methyl sites for hydroxylation is 1. The van der Waals surface area contributed by atoms with Crippen LogP contribution in [0.25, 0.3) is 0 Å². The summed E-state index contributed by atoms with van der Waals surface area (Å²) >= 11 is 0. The van der Waals surface area contributed by atoms with Gasteiger partial charge in [-0.1, -0.05) is 37.1 Å². The lowest BCUT2D eigenvalue weighted by molar-refractivity contribution is -0.136. The largest absolute Gasteiger partial charge is 0.481 e. The van der Waals surface area contributed by atoms with Crippen molar-refractivity contribution in [3.63, 3.8) is 0 Å². The molecular formula is C16H23NO2. The normalized spacial score (nSPS) is 17.1. The van der Waals surface area contributed by atoms with E-state index in [-0.39, 0.29) is 6.42 Å². The van der Waals surface area contributed by atoms with E-state index in [2.05, 4.69) is 29.2 Å². The topological polar surface area (TPSA) is 40.5 Å². The van der Waals surface area contributed by atoms with Gasteiger partial charge in [-0.3, -0.25) is 9.69 Å². The number of aliphatic carboxylic acids is 1. The number of hydrogen-bond acceptors (Lipinski definition) is 2. The number of carboxylic acids is 1. The molecule has 1 heterocycles. The second-order valence-electron chi connectivity index (χ2n) is 5.40. The van der Waals surface area contributed by atoms with Gasteiger partial charge in [0.15, 0.2) is 0 Å². The van der Waals surface area contributed by atoms with Crippen molar-refractivity contribution in [1.29, 1.82) is 0 Å². The predicted octanol–water partition coefficient (Wildman–Crippen LogP) is 3.08. The molecule has 3 nitrogen and oxygen atoms in total. The Morgan fingerprint density at radius 2 is 1.58 bits per heavy atom. The number of benzene rings is 1. The summed E-state index contributed by atoms with van der Waals surface area (Å²) in [5.74, 6) is -0.728. The van der Waals surface area contributed by atoms with Crippen LogP contribution in [-0.4, -0.2) is 29.1 Å². The molecule has 1 aliphatic heterocycles. The number of hydrogen-bond donors (Lipinski definition) is 1. The highest BCUT2D eigenvalue weighted by Crippen LogP contribution is 2.14. The maximum Gasteiger partial charge on any atom is 0.303 e. The molecule has 0 aromatic heterocycles. The fourth-order valence-corrected chi connectivity index (χ4v) is 2.62. The summed E-state index contributed by atoms with van der Waals surface area (Å²) in [7, 11) is 0. The Bertz CT molecular complexity index is 392. The first kappa shape index (κ1) is 14.1. The Morgan fingerprint density at radius 1 is 1.00 bits per heavy atom. The van der Waals surface area contributed by atoms with Gasteiger partial charge in [0.25, 0.3) is 0 Å². The Balaban J connectivity index is 1.85. The van der Waals surface area contributed by atoms with Gasteiger partial charge in [0, 0.05) is 13.0 Å². The highest BCUT2D eigenvalue weighted by atomic mass is 16.4. The third kappa shape index (κ3) is 5.03. The average molecular weight is 261 g/mol. The van der Waals surface area contributed by atoms with Crippen LogP contribution in [0.3, 0.4) is 0 Å². The second-order valence-corrected chi connectivity index (χ2v) is 5.40. The minimum Gasteiger partial charge on any atom is -0.481 e. The lowest BCUT2D eigenvalue weighted by atomic mass is 10.1. The summed E-state index contributed by atoms with van der Waals surface area (Å²) in [6.07, 6.45) is 6.20. The molecule has 0 unspecified atom stereocenters. The first-order valence-corrected chi connectivity index (χ1v) is 7.26. The van der Waals surface area contributed by atoms with Crippen LogP contribution < -0.4 is 0 Å². The number of nitrogens with zero attached hydrogens (tertiary/aromatic N) is 1. The van der Waals surface area contributed by atoms with Crippen LogP contribution in [-0.2, 0) is 17.8 Å². The summed E-state index contributed by atoms with van der Waals surface area (Å²) in [6, 6.07) is 8.41. The molecule has 0 atom stereocenters. The van der Waals surface area contributed by atoms with Crippen LogP contribution in [0.5, 0.6) is 0 Å². The van der Waals surface area contributed by atoms with Crippen molar-refractivity contribution in [2.45, 2.75) is 45.1 Å². The highest BCUT2D eigenvalue weighted by Gasteiger charge is 2.09. The van der Waals surface area contributed by atoms with E-state index in [0.717, 1.165) is 12.1 Å². The molecule has 104 valence electrons. The van der Waals surface area contributed by atoms with Crippen LogP contribution in [0.4, 0.5) is 0 Å². The maximum absolute atomic E-state index is 10.5. The molecule has 1 fully saturated rings. The second kappa shape index (κ2) is 7.29. The zero-order valence-electron chi connectivity index (χ0n) is 11.5. The summed E-state index contributed by atoms with van der Waals surface area (Å²) in [5, 5.41) is 8.67. The molecule has 1 aromatic carbocycles. The van der Waals surface area contributed by atoms with E-state index in [0.29, 0.717) is 6.42 Å². The third-order valence-electron chi connectivity index (χ3n) is 3.76. The van der Waals surface area contributed by atoms with Gasteiger partial charge in [-0.2, -0.15) is 0 Å². The standard InChI is InChI=1S/C16H23NO2/c18-16(19)10-9-14-5-7-15(8-6-14)13-17-11-3-1-2-4-12-17/h5-8H,1-4,9-13H2,(H,18,19). The quantitative estimate of drug-likeness (QED) is 0.885. The summed E-state index contributed by atoms with van der Waals surface area (Å²) in [5.41, 5.74) is 2.45. The SMILES string of the molecule is O=C(O)CCc1ccc(CN2CCCCCC2)cc1. The zero-order valence-corrected chi connectivity index (χ0v) is 11.5. The van der Waals surface area contributed by atoms with Crippen LogP contribution in [0.15, 0.2) is 24.3 Å². The summed E-state index contributed by atoms with van der Waals surface area (Å²) in [6.45, 7) is 3.45. The van der Waals surface area contributed by atoms with E-state index < -0.39 is 5.97 Å². The molecule has 1 saturated heterocycles. The molecular weight excluding hydrogens is 238 g/mol. The van der Waals surface area contributed by atoms with Crippen molar-refractivity contribution in [3.05, 3.63) is 35.4 Å². The zero-order chi connectivity index (χ0) is 13.5. The van der Waals surface area contributed by atoms with E-state index in [9.17, 15) is 4.79 Å². The highest BCUT2D eigenvalue weighted by molar-refractivity contribution is 5.67. The average Bonchev–Trinajstić information content (AvgIpc) is 2.66. The lowest BCUT2D eigenvalue weighted by Crippen LogP contribution is -2.23. The molecule has 0 amide bonds. The fraction of sp³-hybridized carbons (Fsp3) is 0.562. The fourth-order valence-electron chi connectivity index (χ4n) is 2.62. The molecule has 1 aliphatic rings. The van der Waals surface area contributed by atoms with Crippen molar-refractivity contribution in [2.75, 3.05) is 13.1 Å². The molecule has 0 radical (unpaired) electrons. The Hall–Kier alpha value is -1.35. The van der Waals surface area contributed by atoms with Gasteiger partial charge in [-0.15, -0.1) is 0 Å². The van der Waals surface area contributed by atoms with Gasteiger partial charge in [0.05, 0.1) is 0 Å². The smallest absolute Gasteiger partial charge is 0.303 e. The monoisotopic (exact) mass is 261 g/mol. The van der Waals surface area contributed by atoms with Gasteiger partial charge in [-0.05, 0) is 43.5 Å². The van der Waals surface area contributed by atoms with Crippen molar-refractivity contribution < 1.29 is 9.90 Å². The molecule has 0 bridgehead atoms. The number of likely N-dealkylation sites (tertiary alicyclic amines) is 1. The Kier molecular flexibility index (Phi) is 5.40. The third-order valence-corrected chi connectivity index (χ3v) is 3.76. The Labute approximate surface area is 115 Å². The summed E-state index contributed by atoms with van der Waals surface area (Å²) < 4.78 is 0. The van der Waals surface area contributed by atoms with Crippen LogP contribution in [0.1, 0.15) is 43.2 Å². The van der Waals surface area contributed by atoms with Gasteiger partial charge in [-0.25, -0.2) is 0 Å². The molecule has 0 saturated carbocycles. The van der Waals surface area contributed by atoms with Crippen LogP contribution >= 0.6 is 0 Å². The van der Waals surface area contributed by atoms with E-state index in [1.54, 1.807) is 0 Å². The molecule has 19 heavy (non-hydrogen) atoms. The van der Waals surface area contributed by atoms with Gasteiger partial charge < -0.3 is 5.11 Å². The molecule has 1 N–H and O–H groups in total. The minimum absolute atomic E-state index is 0.214. The number of rotatable bonds is 5. The van der Waals surface area contributed by atoms with Crippen molar-refractivity contribution >= 4 is 5.97 Å². The maximum atomic E-state index is 10.5. The van der Waals surface area contributed by atoms with E-state index in [1.807, 2.05) is 0 Å². The van der Waals surface area contributed by atoms with E-state index in [1.165, 1.54) is 44.3 Å². The van der Waals surface area contributed by atoms with E-state index >= 15 is 0 Å². The summed E-state index contributed by atoms with van der Waals surface area (Å²) in [4.78, 5) is 13.1. The minimum atomic E-state index is -0.728. The van der Waals surface area contributed by atoms with Crippen LogP contribution in [0, 0.1) is 0 Å². The van der Waals surface area contributed by atoms with Crippen molar-refractivity contribution in [2.24, 2.45) is 0 Å². The molecule has 0 aliphatic carbocycles. The first-order chi connectivity index (χ1) is 9.24. The van der Waals surface area contributed by atoms with Crippen molar-refractivity contribution in [3.8, 4) is 0 Å². The van der Waals surface area contributed by atoms with Crippen LogP contribution in [0.2, 0.25) is 0 Å². The first-order valence-electron chi connectivity index (χ1n) is 7.26. The molecule has 3 heteroatoms. The lowest BCUT2D eigenvalue weighted by Gasteiger charge is -2.19.